The number of benzene rings is 4. The van der Waals surface area contributed by atoms with Gasteiger partial charge in [-0.15, -0.1) is 0 Å². The Morgan fingerprint density at radius 3 is 2.00 bits per heavy atom. The van der Waals surface area contributed by atoms with Crippen LogP contribution in [0.1, 0.15) is 23.1 Å². The van der Waals surface area contributed by atoms with Gasteiger partial charge in [-0.3, -0.25) is 0 Å². The van der Waals surface area contributed by atoms with Crippen molar-refractivity contribution in [2.24, 2.45) is 0 Å². The fraction of sp³-hybridized carbons (Fsp3) is 0.0690. The Balaban J connectivity index is 1.53. The van der Waals surface area contributed by atoms with Crippen LogP contribution in [0.4, 0.5) is 0 Å². The van der Waals surface area contributed by atoms with Crippen molar-refractivity contribution >= 4 is 27.7 Å². The summed E-state index contributed by atoms with van der Waals surface area (Å²) < 4.78 is 12.8. The number of hydrogen-bond donors (Lipinski definition) is 0. The van der Waals surface area contributed by atoms with E-state index in [4.69, 9.17) is 9.15 Å². The third kappa shape index (κ3) is 2.74. The van der Waals surface area contributed by atoms with E-state index in [1.165, 1.54) is 0 Å². The van der Waals surface area contributed by atoms with E-state index >= 15 is 0 Å². The lowest BCUT2D eigenvalue weighted by atomic mass is 9.82. The average Bonchev–Trinajstić information content (AvgIpc) is 3.44. The number of nitrogens with zero attached hydrogens (tertiary/aromatic N) is 1. The number of ether oxygens (including phenoxy) is 1. The molecule has 0 N–H and O–H groups in total. The van der Waals surface area contributed by atoms with Crippen LogP contribution in [0.25, 0.3) is 27.7 Å². The number of rotatable bonds is 3. The summed E-state index contributed by atoms with van der Waals surface area (Å²) in [6.07, 6.45) is 0.483. The van der Waals surface area contributed by atoms with Gasteiger partial charge in [0.15, 0.2) is 5.60 Å². The summed E-state index contributed by atoms with van der Waals surface area (Å²) in [5.74, 6) is 0.632. The fourth-order valence-corrected chi connectivity index (χ4v) is 4.70. The second kappa shape index (κ2) is 7.14. The van der Waals surface area contributed by atoms with Gasteiger partial charge in [0.2, 0.25) is 0 Å². The molecule has 0 saturated heterocycles. The van der Waals surface area contributed by atoms with Crippen LogP contribution in [0.3, 0.4) is 0 Å². The highest BCUT2D eigenvalue weighted by atomic mass is 16.5. The minimum absolute atomic E-state index is 0.483. The van der Waals surface area contributed by atoms with Crippen molar-refractivity contribution in [2.45, 2.75) is 12.0 Å². The molecule has 0 saturated carbocycles. The zero-order valence-electron chi connectivity index (χ0n) is 17.3. The zero-order valence-corrected chi connectivity index (χ0v) is 17.3. The lowest BCUT2D eigenvalue weighted by Crippen LogP contribution is -2.27. The van der Waals surface area contributed by atoms with Crippen LogP contribution in [0, 0.1) is 11.3 Å². The molecule has 3 heteroatoms. The van der Waals surface area contributed by atoms with E-state index in [-0.39, 0.29) is 0 Å². The third-order valence-electron chi connectivity index (χ3n) is 6.23. The second-order valence-electron chi connectivity index (χ2n) is 8.07. The first kappa shape index (κ1) is 18.5. The molecular formula is C29H19NO2. The molecule has 0 amide bonds. The highest BCUT2D eigenvalue weighted by Gasteiger charge is 2.44. The molecule has 0 aliphatic carbocycles. The van der Waals surface area contributed by atoms with Gasteiger partial charge in [-0.2, -0.15) is 5.26 Å². The van der Waals surface area contributed by atoms with Crippen molar-refractivity contribution in [1.82, 2.24) is 0 Å². The molecule has 152 valence electrons. The van der Waals surface area contributed by atoms with E-state index in [1.54, 1.807) is 0 Å². The summed E-state index contributed by atoms with van der Waals surface area (Å²) in [7, 11) is 0. The van der Waals surface area contributed by atoms with Crippen molar-refractivity contribution in [3.63, 3.8) is 0 Å². The Bertz CT molecular complexity index is 1480. The lowest BCUT2D eigenvalue weighted by molar-refractivity contribution is 0.101. The molecule has 6 rings (SSSR count). The van der Waals surface area contributed by atoms with Gasteiger partial charge in [-0.1, -0.05) is 78.9 Å². The van der Waals surface area contributed by atoms with E-state index in [1.807, 2.05) is 66.7 Å². The van der Waals surface area contributed by atoms with Gasteiger partial charge >= 0.3 is 0 Å². The highest BCUT2D eigenvalue weighted by molar-refractivity contribution is 6.05. The Labute approximate surface area is 185 Å². The molecule has 0 atom stereocenters. The van der Waals surface area contributed by atoms with E-state index in [9.17, 15) is 5.26 Å². The van der Waals surface area contributed by atoms with Crippen molar-refractivity contribution in [3.05, 3.63) is 125 Å². The standard InChI is InChI=1S/C29H19NO2/c30-19-21-18-29(22-9-3-1-4-10-22,23-11-5-2-6-12-23)32-28(21)20-15-16-27-25(17-20)24-13-7-8-14-26(24)31-27/h1-17H,18H2. The maximum Gasteiger partial charge on any atom is 0.164 e. The first-order valence-electron chi connectivity index (χ1n) is 10.6. The molecule has 0 fully saturated rings. The van der Waals surface area contributed by atoms with Crippen LogP contribution in [0.2, 0.25) is 0 Å². The zero-order chi connectivity index (χ0) is 21.5. The normalized spacial score (nSPS) is 15.1. The number of hydrogen-bond acceptors (Lipinski definition) is 3. The van der Waals surface area contributed by atoms with E-state index < -0.39 is 5.60 Å². The summed E-state index contributed by atoms with van der Waals surface area (Å²) in [6, 6.07) is 36.7. The Hall–Kier alpha value is -4.29. The van der Waals surface area contributed by atoms with Crippen molar-refractivity contribution in [2.75, 3.05) is 0 Å². The fourth-order valence-electron chi connectivity index (χ4n) is 4.70. The molecule has 1 aromatic heterocycles. The summed E-state index contributed by atoms with van der Waals surface area (Å²) in [4.78, 5) is 0. The predicted molar refractivity (Wildman–Crippen MR) is 126 cm³/mol. The van der Waals surface area contributed by atoms with E-state index in [0.717, 1.165) is 38.6 Å². The first-order chi connectivity index (χ1) is 15.8. The van der Waals surface area contributed by atoms with Crippen molar-refractivity contribution < 1.29 is 9.15 Å². The van der Waals surface area contributed by atoms with E-state index in [2.05, 4.69) is 42.5 Å². The smallest absolute Gasteiger partial charge is 0.164 e. The topological polar surface area (TPSA) is 46.2 Å². The monoisotopic (exact) mass is 413 g/mol. The number of fused-ring (bicyclic) bond motifs is 3. The van der Waals surface area contributed by atoms with Gasteiger partial charge in [-0.25, -0.2) is 0 Å². The molecule has 3 nitrogen and oxygen atoms in total. The maximum atomic E-state index is 10.1. The summed E-state index contributed by atoms with van der Waals surface area (Å²) >= 11 is 0. The molecule has 2 heterocycles. The molecule has 4 aromatic carbocycles. The predicted octanol–water partition coefficient (Wildman–Crippen LogP) is 7.18. The first-order valence-corrected chi connectivity index (χ1v) is 10.6. The van der Waals surface area contributed by atoms with Crippen LogP contribution < -0.4 is 0 Å². The van der Waals surface area contributed by atoms with Gasteiger partial charge in [0.1, 0.15) is 16.9 Å². The minimum atomic E-state index is -0.740. The summed E-state index contributed by atoms with van der Waals surface area (Å²) in [5.41, 5.74) is 4.52. The molecule has 32 heavy (non-hydrogen) atoms. The van der Waals surface area contributed by atoms with Crippen molar-refractivity contribution in [3.8, 4) is 6.07 Å². The summed E-state index contributed by atoms with van der Waals surface area (Å²) in [6.45, 7) is 0. The van der Waals surface area contributed by atoms with Crippen LogP contribution in [-0.4, -0.2) is 0 Å². The largest absolute Gasteiger partial charge is 0.476 e. The number of furan rings is 1. The maximum absolute atomic E-state index is 10.1. The highest BCUT2D eigenvalue weighted by Crippen LogP contribution is 2.49. The molecule has 1 aliphatic rings. The second-order valence-corrected chi connectivity index (χ2v) is 8.07. The van der Waals surface area contributed by atoms with Gasteiger partial charge in [0, 0.05) is 33.9 Å². The molecule has 1 aliphatic heterocycles. The Morgan fingerprint density at radius 1 is 0.688 bits per heavy atom. The molecular weight excluding hydrogens is 394 g/mol. The molecule has 5 aromatic rings. The van der Waals surface area contributed by atoms with E-state index in [0.29, 0.717) is 17.8 Å². The minimum Gasteiger partial charge on any atom is -0.476 e. The Kier molecular flexibility index (Phi) is 4.13. The molecule has 0 bridgehead atoms. The van der Waals surface area contributed by atoms with Crippen molar-refractivity contribution in [1.29, 1.82) is 5.26 Å². The molecule has 0 radical (unpaired) electrons. The molecule has 0 unspecified atom stereocenters. The van der Waals surface area contributed by atoms with Crippen LogP contribution in [0.15, 0.2) is 113 Å². The van der Waals surface area contributed by atoms with Gasteiger partial charge in [0.25, 0.3) is 0 Å². The van der Waals surface area contributed by atoms with Gasteiger partial charge in [0.05, 0.1) is 11.6 Å². The quantitative estimate of drug-likeness (QED) is 0.315. The average molecular weight is 413 g/mol. The molecule has 0 spiro atoms. The number of para-hydroxylation sites is 1. The third-order valence-corrected chi connectivity index (χ3v) is 6.23. The SMILES string of the molecule is N#CC1=C(c2ccc3oc4ccccc4c3c2)OC(c2ccccc2)(c2ccccc2)C1. The van der Waals surface area contributed by atoms with Gasteiger partial charge < -0.3 is 9.15 Å². The lowest BCUT2D eigenvalue weighted by Gasteiger charge is -2.31. The van der Waals surface area contributed by atoms with Gasteiger partial charge in [-0.05, 0) is 24.3 Å². The number of nitriles is 1. The van der Waals surface area contributed by atoms with Crippen LogP contribution in [0.5, 0.6) is 0 Å². The Morgan fingerprint density at radius 2 is 1.31 bits per heavy atom. The van der Waals surface area contributed by atoms with Crippen LogP contribution >= 0.6 is 0 Å². The summed E-state index contributed by atoms with van der Waals surface area (Å²) in [5, 5.41) is 12.1. The van der Waals surface area contributed by atoms with Crippen LogP contribution in [-0.2, 0) is 10.3 Å².